The summed E-state index contributed by atoms with van der Waals surface area (Å²) in [4.78, 5) is 8.71. The number of hydrogen-bond acceptors (Lipinski definition) is 5. The van der Waals surface area contributed by atoms with Crippen LogP contribution in [-0.2, 0) is 0 Å². The number of nitrogens with zero attached hydrogens (tertiary/aromatic N) is 2. The molecule has 0 atom stereocenters. The first-order valence-electron chi connectivity index (χ1n) is 8.01. The second-order valence-corrected chi connectivity index (χ2v) is 5.45. The van der Waals surface area contributed by atoms with E-state index >= 15 is 0 Å². The van der Waals surface area contributed by atoms with Crippen LogP contribution < -0.4 is 11.1 Å². The first-order valence-corrected chi connectivity index (χ1v) is 8.01. The van der Waals surface area contributed by atoms with Gasteiger partial charge in [-0.25, -0.2) is 4.98 Å². The molecule has 3 aromatic rings. The van der Waals surface area contributed by atoms with Crippen molar-refractivity contribution < 1.29 is 4.42 Å². The minimum Gasteiger partial charge on any atom is -0.436 e. The van der Waals surface area contributed by atoms with Crippen molar-refractivity contribution in [3.05, 3.63) is 67.4 Å². The van der Waals surface area contributed by atoms with Crippen LogP contribution in [0, 0.1) is 0 Å². The molecule has 0 amide bonds. The summed E-state index contributed by atoms with van der Waals surface area (Å²) < 4.78 is 5.78. The maximum Gasteiger partial charge on any atom is 0.227 e. The van der Waals surface area contributed by atoms with E-state index in [1.165, 1.54) is 6.20 Å². The topological polar surface area (TPSA) is 76.4 Å². The van der Waals surface area contributed by atoms with E-state index in [4.69, 9.17) is 10.2 Å². The molecule has 1 heterocycles. The monoisotopic (exact) mass is 332 g/mol. The van der Waals surface area contributed by atoms with E-state index in [0.29, 0.717) is 18.1 Å². The summed E-state index contributed by atoms with van der Waals surface area (Å²) in [6, 6.07) is 13.4. The molecule has 0 aliphatic heterocycles. The van der Waals surface area contributed by atoms with Gasteiger partial charge in [0.1, 0.15) is 5.52 Å². The minimum atomic E-state index is 0.558. The molecule has 0 radical (unpaired) electrons. The molecule has 3 N–H and O–H groups in total. The highest BCUT2D eigenvalue weighted by Crippen LogP contribution is 2.28. The number of para-hydroxylation sites is 2. The Kier molecular flexibility index (Phi) is 4.95. The first kappa shape index (κ1) is 16.5. The smallest absolute Gasteiger partial charge is 0.227 e. The number of aromatic nitrogens is 1. The number of rotatable bonds is 6. The van der Waals surface area contributed by atoms with E-state index < -0.39 is 0 Å². The lowest BCUT2D eigenvalue weighted by Crippen LogP contribution is -2.12. The Hall–Kier alpha value is -3.34. The lowest BCUT2D eigenvalue weighted by atomic mass is 10.1. The van der Waals surface area contributed by atoms with Crippen LogP contribution in [0.2, 0.25) is 0 Å². The second kappa shape index (κ2) is 7.49. The number of nitrogens with two attached hydrogens (primary N) is 1. The van der Waals surface area contributed by atoms with E-state index in [0.717, 1.165) is 28.1 Å². The van der Waals surface area contributed by atoms with Crippen molar-refractivity contribution in [3.63, 3.8) is 0 Å². The summed E-state index contributed by atoms with van der Waals surface area (Å²) in [5.41, 5.74) is 10.9. The van der Waals surface area contributed by atoms with Gasteiger partial charge in [-0.1, -0.05) is 24.8 Å². The van der Waals surface area contributed by atoms with E-state index in [1.54, 1.807) is 0 Å². The van der Waals surface area contributed by atoms with Crippen LogP contribution in [0.4, 0.5) is 11.4 Å². The van der Waals surface area contributed by atoms with Gasteiger partial charge in [-0.3, -0.25) is 4.99 Å². The Bertz CT molecular complexity index is 920. The fraction of sp³-hybridized carbons (Fsp3) is 0.100. The van der Waals surface area contributed by atoms with Crippen LogP contribution in [0.25, 0.3) is 22.6 Å². The molecule has 0 fully saturated rings. The van der Waals surface area contributed by atoms with Gasteiger partial charge in [0.05, 0.1) is 23.6 Å². The molecular weight excluding hydrogens is 312 g/mol. The molecule has 0 spiro atoms. The summed E-state index contributed by atoms with van der Waals surface area (Å²) >= 11 is 0. The molecule has 25 heavy (non-hydrogen) atoms. The highest BCUT2D eigenvalue weighted by molar-refractivity contribution is 5.98. The SMILES string of the molecule is C=CN=C(/C=C\C)CNc1ccc(-c2nc3ccccc3o2)cc1N. The van der Waals surface area contributed by atoms with Crippen LogP contribution in [0.5, 0.6) is 0 Å². The Labute approximate surface area is 146 Å². The molecule has 0 saturated heterocycles. The van der Waals surface area contributed by atoms with Crippen molar-refractivity contribution in [1.29, 1.82) is 0 Å². The average molecular weight is 332 g/mol. The van der Waals surface area contributed by atoms with E-state index in [1.807, 2.05) is 61.5 Å². The highest BCUT2D eigenvalue weighted by Gasteiger charge is 2.09. The van der Waals surface area contributed by atoms with Crippen LogP contribution in [0.15, 0.2) is 76.8 Å². The normalized spacial score (nSPS) is 12.0. The maximum absolute atomic E-state index is 6.18. The number of allylic oxidation sites excluding steroid dienone is 1. The number of nitrogens with one attached hydrogen (secondary N) is 1. The van der Waals surface area contributed by atoms with Crippen molar-refractivity contribution in [1.82, 2.24) is 4.98 Å². The summed E-state index contributed by atoms with van der Waals surface area (Å²) in [5, 5.41) is 3.28. The largest absolute Gasteiger partial charge is 0.436 e. The summed E-state index contributed by atoms with van der Waals surface area (Å²) in [5.74, 6) is 0.558. The van der Waals surface area contributed by atoms with Gasteiger partial charge >= 0.3 is 0 Å². The van der Waals surface area contributed by atoms with Gasteiger partial charge in [0.2, 0.25) is 5.89 Å². The first-order chi connectivity index (χ1) is 12.2. The summed E-state index contributed by atoms with van der Waals surface area (Å²) in [6.07, 6.45) is 5.39. The van der Waals surface area contributed by atoms with Gasteiger partial charge in [-0.2, -0.15) is 0 Å². The zero-order valence-electron chi connectivity index (χ0n) is 14.1. The number of nitrogen functional groups attached to an aromatic ring is 1. The Morgan fingerprint density at radius 3 is 2.88 bits per heavy atom. The Morgan fingerprint density at radius 2 is 2.16 bits per heavy atom. The third kappa shape index (κ3) is 3.77. The van der Waals surface area contributed by atoms with Gasteiger partial charge in [0, 0.05) is 11.8 Å². The minimum absolute atomic E-state index is 0.558. The van der Waals surface area contributed by atoms with E-state index in [2.05, 4.69) is 21.9 Å². The molecule has 0 unspecified atom stereocenters. The molecule has 3 rings (SSSR count). The molecule has 2 aromatic carbocycles. The standard InChI is InChI=1S/C20H20N4O/c1-3-7-15(22-4-2)13-23-17-11-10-14(12-16(17)21)20-24-18-8-5-6-9-19(18)25-20/h3-12,23H,2,13,21H2,1H3/b7-3-,22-15?. The van der Waals surface area contributed by atoms with E-state index in [9.17, 15) is 0 Å². The summed E-state index contributed by atoms with van der Waals surface area (Å²) in [7, 11) is 0. The predicted molar refractivity (Wildman–Crippen MR) is 105 cm³/mol. The summed E-state index contributed by atoms with van der Waals surface area (Å²) in [6.45, 7) is 6.13. The third-order valence-corrected chi connectivity index (χ3v) is 3.67. The van der Waals surface area contributed by atoms with Crippen molar-refractivity contribution in [2.24, 2.45) is 4.99 Å². The van der Waals surface area contributed by atoms with Gasteiger partial charge in [-0.15, -0.1) is 0 Å². The molecule has 5 nitrogen and oxygen atoms in total. The van der Waals surface area contributed by atoms with Gasteiger partial charge in [-0.05, 0) is 43.3 Å². The zero-order valence-corrected chi connectivity index (χ0v) is 14.1. The maximum atomic E-state index is 6.18. The molecule has 0 bridgehead atoms. The Balaban J connectivity index is 1.81. The van der Waals surface area contributed by atoms with Crippen molar-refractivity contribution in [2.45, 2.75) is 6.92 Å². The number of benzene rings is 2. The number of hydrogen-bond donors (Lipinski definition) is 2. The second-order valence-electron chi connectivity index (χ2n) is 5.45. The fourth-order valence-corrected chi connectivity index (χ4v) is 2.50. The Morgan fingerprint density at radius 1 is 1.32 bits per heavy atom. The third-order valence-electron chi connectivity index (χ3n) is 3.67. The molecule has 0 saturated carbocycles. The molecule has 1 aromatic heterocycles. The van der Waals surface area contributed by atoms with Crippen molar-refractivity contribution in [2.75, 3.05) is 17.6 Å². The van der Waals surface area contributed by atoms with Crippen LogP contribution >= 0.6 is 0 Å². The van der Waals surface area contributed by atoms with Crippen LogP contribution in [0.1, 0.15) is 6.92 Å². The molecule has 5 heteroatoms. The number of fused-ring (bicyclic) bond motifs is 1. The average Bonchev–Trinajstić information content (AvgIpc) is 3.05. The van der Waals surface area contributed by atoms with Gasteiger partial charge in [0.15, 0.2) is 5.58 Å². The quantitative estimate of drug-likeness (QED) is 0.509. The number of oxazole rings is 1. The molecular formula is C20H20N4O. The van der Waals surface area contributed by atoms with Crippen molar-refractivity contribution in [3.8, 4) is 11.5 Å². The van der Waals surface area contributed by atoms with Crippen LogP contribution in [0.3, 0.4) is 0 Å². The number of anilines is 2. The lowest BCUT2D eigenvalue weighted by molar-refractivity contribution is 0.620. The van der Waals surface area contributed by atoms with Crippen molar-refractivity contribution >= 4 is 28.2 Å². The molecule has 0 aliphatic rings. The van der Waals surface area contributed by atoms with Gasteiger partial charge < -0.3 is 15.5 Å². The van der Waals surface area contributed by atoms with Crippen LogP contribution in [-0.4, -0.2) is 17.2 Å². The predicted octanol–water partition coefficient (Wildman–Crippen LogP) is 4.65. The molecule has 126 valence electrons. The zero-order chi connectivity index (χ0) is 17.6. The number of aliphatic imine (C=N–C) groups is 1. The highest BCUT2D eigenvalue weighted by atomic mass is 16.3. The molecule has 0 aliphatic carbocycles. The van der Waals surface area contributed by atoms with E-state index in [-0.39, 0.29) is 0 Å². The van der Waals surface area contributed by atoms with Gasteiger partial charge in [0.25, 0.3) is 0 Å². The lowest BCUT2D eigenvalue weighted by Gasteiger charge is -2.10. The fourth-order valence-electron chi connectivity index (χ4n) is 2.50.